The first-order valence-electron chi connectivity index (χ1n) is 6.08. The zero-order valence-electron chi connectivity index (χ0n) is 10.7. The highest BCUT2D eigenvalue weighted by atomic mass is 32.2. The summed E-state index contributed by atoms with van der Waals surface area (Å²) in [7, 11) is 0. The number of benzene rings is 1. The second-order valence-electron chi connectivity index (χ2n) is 3.98. The van der Waals surface area contributed by atoms with Crippen LogP contribution in [0.4, 0.5) is 5.69 Å². The van der Waals surface area contributed by atoms with Crippen molar-refractivity contribution >= 4 is 23.4 Å². The van der Waals surface area contributed by atoms with Crippen molar-refractivity contribution in [2.45, 2.75) is 30.7 Å². The molecule has 1 unspecified atom stereocenters. The number of carbonyl (C=O) groups excluding carboxylic acids is 1. The lowest BCUT2D eigenvalue weighted by Crippen LogP contribution is -2.35. The molecule has 1 amide bonds. The Kier molecular flexibility index (Phi) is 6.54. The normalized spacial score (nSPS) is 11.9. The fourth-order valence-corrected chi connectivity index (χ4v) is 2.26. The van der Waals surface area contributed by atoms with Crippen LogP contribution in [0.25, 0.3) is 0 Å². The summed E-state index contributed by atoms with van der Waals surface area (Å²) in [5.74, 6) is 0.692. The molecule has 0 aliphatic heterocycles. The molecule has 0 aliphatic rings. The van der Waals surface area contributed by atoms with Gasteiger partial charge in [0.25, 0.3) is 0 Å². The monoisotopic (exact) mass is 264 g/mol. The van der Waals surface area contributed by atoms with Gasteiger partial charge >= 0.3 is 0 Å². The molecule has 0 aromatic heterocycles. The van der Waals surface area contributed by atoms with E-state index in [-0.39, 0.29) is 5.91 Å². The Morgan fingerprint density at radius 3 is 2.94 bits per heavy atom. The lowest BCUT2D eigenvalue weighted by atomic mass is 10.1. The SMILES string of the molecule is C=CCSc1ccccc1NC(=O)C(N)CCC. The average molecular weight is 264 g/mol. The van der Waals surface area contributed by atoms with E-state index in [9.17, 15) is 4.79 Å². The standard InChI is InChI=1S/C14H20N2OS/c1-3-7-11(15)14(17)16-12-8-5-6-9-13(12)18-10-4-2/h4-6,8-9,11H,2-3,7,10,15H2,1H3,(H,16,17). The minimum atomic E-state index is -0.438. The van der Waals surface area contributed by atoms with E-state index in [4.69, 9.17) is 5.73 Å². The average Bonchev–Trinajstić information content (AvgIpc) is 2.38. The van der Waals surface area contributed by atoms with E-state index < -0.39 is 6.04 Å². The van der Waals surface area contributed by atoms with Gasteiger partial charge in [0.2, 0.25) is 5.91 Å². The number of amides is 1. The molecule has 0 spiro atoms. The van der Waals surface area contributed by atoms with Crippen molar-refractivity contribution < 1.29 is 4.79 Å². The van der Waals surface area contributed by atoms with Crippen LogP contribution in [0.1, 0.15) is 19.8 Å². The summed E-state index contributed by atoms with van der Waals surface area (Å²) >= 11 is 1.64. The topological polar surface area (TPSA) is 55.1 Å². The van der Waals surface area contributed by atoms with Crippen LogP contribution in [-0.4, -0.2) is 17.7 Å². The molecule has 0 fully saturated rings. The quantitative estimate of drug-likeness (QED) is 0.588. The molecule has 1 aromatic rings. The number of anilines is 1. The van der Waals surface area contributed by atoms with E-state index in [1.54, 1.807) is 11.8 Å². The zero-order chi connectivity index (χ0) is 13.4. The maximum atomic E-state index is 11.9. The molecule has 3 N–H and O–H groups in total. The molecule has 1 aromatic carbocycles. The molecule has 0 heterocycles. The first-order valence-corrected chi connectivity index (χ1v) is 7.06. The van der Waals surface area contributed by atoms with Gasteiger partial charge in [-0.05, 0) is 18.6 Å². The molecule has 18 heavy (non-hydrogen) atoms. The van der Waals surface area contributed by atoms with Gasteiger partial charge in [0.15, 0.2) is 0 Å². The van der Waals surface area contributed by atoms with E-state index in [1.807, 2.05) is 37.3 Å². The van der Waals surface area contributed by atoms with Crippen molar-refractivity contribution in [3.05, 3.63) is 36.9 Å². The van der Waals surface area contributed by atoms with Crippen LogP contribution in [0.15, 0.2) is 41.8 Å². The third-order valence-electron chi connectivity index (χ3n) is 2.44. The Bertz CT molecular complexity index is 407. The smallest absolute Gasteiger partial charge is 0.241 e. The van der Waals surface area contributed by atoms with Gasteiger partial charge in [-0.1, -0.05) is 31.6 Å². The van der Waals surface area contributed by atoms with E-state index in [2.05, 4.69) is 11.9 Å². The van der Waals surface area contributed by atoms with Gasteiger partial charge in [-0.3, -0.25) is 4.79 Å². The van der Waals surface area contributed by atoms with Crippen molar-refractivity contribution in [2.75, 3.05) is 11.1 Å². The van der Waals surface area contributed by atoms with Crippen LogP contribution in [0.5, 0.6) is 0 Å². The van der Waals surface area contributed by atoms with Crippen LogP contribution in [0.2, 0.25) is 0 Å². The summed E-state index contributed by atoms with van der Waals surface area (Å²) < 4.78 is 0. The molecule has 3 nitrogen and oxygen atoms in total. The van der Waals surface area contributed by atoms with Crippen LogP contribution in [0.3, 0.4) is 0 Å². The van der Waals surface area contributed by atoms with Gasteiger partial charge in [-0.25, -0.2) is 0 Å². The van der Waals surface area contributed by atoms with Gasteiger partial charge in [-0.15, -0.1) is 18.3 Å². The van der Waals surface area contributed by atoms with Crippen LogP contribution < -0.4 is 11.1 Å². The van der Waals surface area contributed by atoms with Gasteiger partial charge in [0.05, 0.1) is 11.7 Å². The van der Waals surface area contributed by atoms with Crippen LogP contribution in [0, 0.1) is 0 Å². The second kappa shape index (κ2) is 7.95. The van der Waals surface area contributed by atoms with Crippen molar-refractivity contribution in [2.24, 2.45) is 5.73 Å². The summed E-state index contributed by atoms with van der Waals surface area (Å²) in [5, 5.41) is 2.88. The molecular weight excluding hydrogens is 244 g/mol. The molecule has 4 heteroatoms. The highest BCUT2D eigenvalue weighted by Gasteiger charge is 2.13. The third-order valence-corrected chi connectivity index (χ3v) is 3.51. The number of hydrogen-bond donors (Lipinski definition) is 2. The first-order chi connectivity index (χ1) is 8.69. The Hall–Kier alpha value is -1.26. The lowest BCUT2D eigenvalue weighted by Gasteiger charge is -2.13. The van der Waals surface area contributed by atoms with Gasteiger partial charge in [-0.2, -0.15) is 0 Å². The summed E-state index contributed by atoms with van der Waals surface area (Å²) in [6.45, 7) is 5.71. The summed E-state index contributed by atoms with van der Waals surface area (Å²) in [6, 6.07) is 7.29. The predicted molar refractivity (Wildman–Crippen MR) is 78.9 cm³/mol. The number of nitrogens with two attached hydrogens (primary N) is 1. The van der Waals surface area contributed by atoms with E-state index >= 15 is 0 Å². The van der Waals surface area contributed by atoms with Gasteiger partial charge in [0.1, 0.15) is 0 Å². The third kappa shape index (κ3) is 4.55. The molecule has 0 saturated carbocycles. The van der Waals surface area contributed by atoms with E-state index in [1.165, 1.54) is 0 Å². The van der Waals surface area contributed by atoms with Crippen molar-refractivity contribution in [3.8, 4) is 0 Å². The highest BCUT2D eigenvalue weighted by Crippen LogP contribution is 2.27. The number of hydrogen-bond acceptors (Lipinski definition) is 3. The minimum absolute atomic E-state index is 0.122. The summed E-state index contributed by atoms with van der Waals surface area (Å²) in [4.78, 5) is 12.9. The molecule has 0 aliphatic carbocycles. The fraction of sp³-hybridized carbons (Fsp3) is 0.357. The largest absolute Gasteiger partial charge is 0.324 e. The van der Waals surface area contributed by atoms with Gasteiger partial charge < -0.3 is 11.1 Å². The molecule has 0 radical (unpaired) electrons. The molecule has 1 atom stereocenters. The Morgan fingerprint density at radius 2 is 2.28 bits per heavy atom. The summed E-state index contributed by atoms with van der Waals surface area (Å²) in [6.07, 6.45) is 3.45. The summed E-state index contributed by atoms with van der Waals surface area (Å²) in [5.41, 5.74) is 6.61. The first kappa shape index (κ1) is 14.8. The van der Waals surface area contributed by atoms with Gasteiger partial charge in [0, 0.05) is 10.6 Å². The number of rotatable bonds is 7. The van der Waals surface area contributed by atoms with Crippen molar-refractivity contribution in [1.29, 1.82) is 0 Å². The Balaban J connectivity index is 2.70. The number of nitrogens with one attached hydrogen (secondary N) is 1. The Morgan fingerprint density at radius 1 is 1.56 bits per heavy atom. The van der Waals surface area contributed by atoms with Crippen LogP contribution in [-0.2, 0) is 4.79 Å². The zero-order valence-corrected chi connectivity index (χ0v) is 11.5. The van der Waals surface area contributed by atoms with E-state index in [0.29, 0.717) is 6.42 Å². The Labute approximate surface area is 113 Å². The molecular formula is C14H20N2OS. The van der Waals surface area contributed by atoms with Crippen LogP contribution >= 0.6 is 11.8 Å². The van der Waals surface area contributed by atoms with Crippen molar-refractivity contribution in [1.82, 2.24) is 0 Å². The lowest BCUT2D eigenvalue weighted by molar-refractivity contribution is -0.117. The minimum Gasteiger partial charge on any atom is -0.324 e. The molecule has 0 saturated heterocycles. The molecule has 1 rings (SSSR count). The molecule has 98 valence electrons. The number of thioether (sulfide) groups is 1. The van der Waals surface area contributed by atoms with Crippen molar-refractivity contribution in [3.63, 3.8) is 0 Å². The number of carbonyl (C=O) groups is 1. The fourth-order valence-electron chi connectivity index (χ4n) is 1.51. The second-order valence-corrected chi connectivity index (χ2v) is 5.04. The highest BCUT2D eigenvalue weighted by molar-refractivity contribution is 7.99. The molecule has 0 bridgehead atoms. The maximum absolute atomic E-state index is 11.9. The maximum Gasteiger partial charge on any atom is 0.241 e. The number of para-hydroxylation sites is 1. The predicted octanol–water partition coefficient (Wildman–Crippen LogP) is 3.03. The van der Waals surface area contributed by atoms with E-state index in [0.717, 1.165) is 22.8 Å².